The Kier molecular flexibility index (Phi) is 3.82. The van der Waals surface area contributed by atoms with Crippen LogP contribution in [-0.2, 0) is 4.74 Å². The van der Waals surface area contributed by atoms with Gasteiger partial charge in [0.15, 0.2) is 0 Å². The number of esters is 1. The van der Waals surface area contributed by atoms with Gasteiger partial charge in [-0.15, -0.1) is 13.2 Å². The molecule has 0 amide bonds. The van der Waals surface area contributed by atoms with Crippen LogP contribution in [0.2, 0.25) is 0 Å². The monoisotopic (exact) mass is 250 g/mol. The molecule has 0 aliphatic heterocycles. The molecule has 7 heteroatoms. The number of phenols is 1. The lowest BCUT2D eigenvalue weighted by molar-refractivity contribution is -0.274. The Morgan fingerprint density at radius 3 is 2.53 bits per heavy atom. The van der Waals surface area contributed by atoms with Gasteiger partial charge in [-0.3, -0.25) is 0 Å². The molecule has 0 spiro atoms. The molecular formula is C10H9F3O4. The minimum Gasteiger partial charge on any atom is -0.508 e. The molecule has 0 aliphatic rings. The van der Waals surface area contributed by atoms with Crippen LogP contribution in [0, 0.1) is 0 Å². The maximum Gasteiger partial charge on any atom is 0.573 e. The van der Waals surface area contributed by atoms with E-state index in [2.05, 4.69) is 9.47 Å². The van der Waals surface area contributed by atoms with Crippen LogP contribution in [0.4, 0.5) is 13.2 Å². The Balaban J connectivity index is 2.98. The molecule has 1 aromatic carbocycles. The van der Waals surface area contributed by atoms with E-state index >= 15 is 0 Å². The van der Waals surface area contributed by atoms with Crippen molar-refractivity contribution in [1.29, 1.82) is 0 Å². The fourth-order valence-corrected chi connectivity index (χ4v) is 1.11. The number of rotatable bonds is 3. The molecule has 0 radical (unpaired) electrons. The average Bonchev–Trinajstić information content (AvgIpc) is 2.14. The molecular weight excluding hydrogens is 241 g/mol. The lowest BCUT2D eigenvalue weighted by Crippen LogP contribution is -2.17. The van der Waals surface area contributed by atoms with Gasteiger partial charge in [-0.25, -0.2) is 4.79 Å². The molecule has 1 rings (SSSR count). The third-order valence-corrected chi connectivity index (χ3v) is 1.64. The molecule has 17 heavy (non-hydrogen) atoms. The van der Waals surface area contributed by atoms with Gasteiger partial charge in [0.25, 0.3) is 0 Å². The summed E-state index contributed by atoms with van der Waals surface area (Å²) in [7, 11) is 0. The Hall–Kier alpha value is -1.92. The maximum atomic E-state index is 11.9. The number of phenolic OH excluding ortho intramolecular Hbond substituents is 1. The molecule has 0 saturated heterocycles. The number of aromatic hydroxyl groups is 1. The number of benzene rings is 1. The van der Waals surface area contributed by atoms with E-state index < -0.39 is 23.8 Å². The van der Waals surface area contributed by atoms with Crippen LogP contribution in [-0.4, -0.2) is 24.0 Å². The molecule has 1 N–H and O–H groups in total. The topological polar surface area (TPSA) is 55.8 Å². The van der Waals surface area contributed by atoms with Crippen molar-refractivity contribution >= 4 is 5.97 Å². The van der Waals surface area contributed by atoms with Crippen LogP contribution in [0.1, 0.15) is 17.3 Å². The average molecular weight is 250 g/mol. The largest absolute Gasteiger partial charge is 0.573 e. The van der Waals surface area contributed by atoms with Crippen molar-refractivity contribution in [3.8, 4) is 11.5 Å². The van der Waals surface area contributed by atoms with E-state index in [0.29, 0.717) is 0 Å². The second kappa shape index (κ2) is 4.94. The van der Waals surface area contributed by atoms with Gasteiger partial charge in [-0.2, -0.15) is 0 Å². The van der Waals surface area contributed by atoms with Crippen molar-refractivity contribution in [3.05, 3.63) is 23.8 Å². The summed E-state index contributed by atoms with van der Waals surface area (Å²) >= 11 is 0. The summed E-state index contributed by atoms with van der Waals surface area (Å²) in [5, 5.41) is 9.15. The smallest absolute Gasteiger partial charge is 0.508 e. The summed E-state index contributed by atoms with van der Waals surface area (Å²) in [6, 6.07) is 2.57. The van der Waals surface area contributed by atoms with Crippen LogP contribution < -0.4 is 4.74 Å². The molecule has 0 unspecified atom stereocenters. The number of halogens is 3. The summed E-state index contributed by atoms with van der Waals surface area (Å²) in [4.78, 5) is 11.2. The number of carbonyl (C=O) groups excluding carboxylic acids is 1. The van der Waals surface area contributed by atoms with Crippen molar-refractivity contribution < 1.29 is 32.5 Å². The fraction of sp³-hybridized carbons (Fsp3) is 0.300. The Morgan fingerprint density at radius 2 is 2.00 bits per heavy atom. The summed E-state index contributed by atoms with van der Waals surface area (Å²) in [6.07, 6.45) is -4.89. The molecule has 0 saturated carbocycles. The quantitative estimate of drug-likeness (QED) is 0.837. The Labute approximate surface area is 94.6 Å². The van der Waals surface area contributed by atoms with Crippen LogP contribution >= 0.6 is 0 Å². The highest BCUT2D eigenvalue weighted by molar-refractivity contribution is 5.90. The third-order valence-electron chi connectivity index (χ3n) is 1.64. The van der Waals surface area contributed by atoms with Crippen LogP contribution in [0.5, 0.6) is 11.5 Å². The highest BCUT2D eigenvalue weighted by Gasteiger charge is 2.31. The zero-order valence-corrected chi connectivity index (χ0v) is 8.75. The van der Waals surface area contributed by atoms with E-state index in [1.807, 2.05) is 0 Å². The predicted molar refractivity (Wildman–Crippen MR) is 50.7 cm³/mol. The molecule has 94 valence electrons. The Morgan fingerprint density at radius 1 is 1.35 bits per heavy atom. The van der Waals surface area contributed by atoms with Crippen molar-refractivity contribution in [3.63, 3.8) is 0 Å². The SMILES string of the molecule is CCOC(=O)c1cc(O)cc(OC(F)(F)F)c1. The minimum absolute atomic E-state index is 0.0734. The molecule has 0 heterocycles. The summed E-state index contributed by atoms with van der Waals surface area (Å²) < 4.78 is 44.0. The van der Waals surface area contributed by atoms with E-state index in [4.69, 9.17) is 5.11 Å². The molecule has 0 fully saturated rings. The molecule has 4 nitrogen and oxygen atoms in total. The summed E-state index contributed by atoms with van der Waals surface area (Å²) in [5.41, 5.74) is -0.217. The number of hydrogen-bond donors (Lipinski definition) is 1. The second-order valence-corrected chi connectivity index (χ2v) is 2.98. The van der Waals surface area contributed by atoms with Gasteiger partial charge < -0.3 is 14.6 Å². The van der Waals surface area contributed by atoms with E-state index in [-0.39, 0.29) is 12.2 Å². The zero-order chi connectivity index (χ0) is 13.1. The van der Waals surface area contributed by atoms with Gasteiger partial charge in [-0.05, 0) is 19.1 Å². The maximum absolute atomic E-state index is 11.9. The predicted octanol–water partition coefficient (Wildman–Crippen LogP) is 2.47. The highest BCUT2D eigenvalue weighted by Crippen LogP contribution is 2.27. The summed E-state index contributed by atoms with van der Waals surface area (Å²) in [5.74, 6) is -2.04. The third kappa shape index (κ3) is 4.21. The fourth-order valence-electron chi connectivity index (χ4n) is 1.11. The van der Waals surface area contributed by atoms with E-state index in [1.165, 1.54) is 0 Å². The minimum atomic E-state index is -4.89. The number of carbonyl (C=O) groups is 1. The lowest BCUT2D eigenvalue weighted by Gasteiger charge is -2.10. The highest BCUT2D eigenvalue weighted by atomic mass is 19.4. The first-order valence-electron chi connectivity index (χ1n) is 4.58. The van der Waals surface area contributed by atoms with E-state index in [1.54, 1.807) is 6.92 Å². The molecule has 0 atom stereocenters. The van der Waals surface area contributed by atoms with Crippen molar-refractivity contribution in [2.45, 2.75) is 13.3 Å². The molecule has 0 aliphatic carbocycles. The number of hydrogen-bond acceptors (Lipinski definition) is 4. The summed E-state index contributed by atoms with van der Waals surface area (Å²) in [6.45, 7) is 1.62. The second-order valence-electron chi connectivity index (χ2n) is 2.98. The van der Waals surface area contributed by atoms with Crippen LogP contribution in [0.25, 0.3) is 0 Å². The van der Waals surface area contributed by atoms with Gasteiger partial charge in [0.1, 0.15) is 11.5 Å². The van der Waals surface area contributed by atoms with Gasteiger partial charge in [0.2, 0.25) is 0 Å². The molecule has 0 bridgehead atoms. The normalized spacial score (nSPS) is 11.1. The van der Waals surface area contributed by atoms with Crippen molar-refractivity contribution in [1.82, 2.24) is 0 Å². The standard InChI is InChI=1S/C10H9F3O4/c1-2-16-9(15)6-3-7(14)5-8(4-6)17-10(11,12)13/h3-5,14H,2H2,1H3. The van der Waals surface area contributed by atoms with Crippen LogP contribution in [0.3, 0.4) is 0 Å². The van der Waals surface area contributed by atoms with Gasteiger partial charge in [0.05, 0.1) is 12.2 Å². The first-order valence-corrected chi connectivity index (χ1v) is 4.58. The molecule has 0 aromatic heterocycles. The number of ether oxygens (including phenoxy) is 2. The van der Waals surface area contributed by atoms with Crippen LogP contribution in [0.15, 0.2) is 18.2 Å². The number of alkyl halides is 3. The van der Waals surface area contributed by atoms with Gasteiger partial charge >= 0.3 is 12.3 Å². The van der Waals surface area contributed by atoms with Crippen molar-refractivity contribution in [2.75, 3.05) is 6.61 Å². The first-order chi connectivity index (χ1) is 7.81. The van der Waals surface area contributed by atoms with Crippen molar-refractivity contribution in [2.24, 2.45) is 0 Å². The van der Waals surface area contributed by atoms with E-state index in [0.717, 1.165) is 18.2 Å². The first kappa shape index (κ1) is 13.1. The zero-order valence-electron chi connectivity index (χ0n) is 8.75. The van der Waals surface area contributed by atoms with E-state index in [9.17, 15) is 18.0 Å². The molecule has 1 aromatic rings. The Bertz CT molecular complexity index is 415. The lowest BCUT2D eigenvalue weighted by atomic mass is 10.2. The van der Waals surface area contributed by atoms with Gasteiger partial charge in [-0.1, -0.05) is 0 Å². The van der Waals surface area contributed by atoms with Gasteiger partial charge in [0, 0.05) is 6.07 Å².